The number of pyridine rings is 1. The number of allylic oxidation sites excluding steroid dienone is 1. The number of nitrogens with one attached hydrogen (secondary N) is 1. The van der Waals surface area contributed by atoms with Gasteiger partial charge in [-0.3, -0.25) is 24.2 Å². The molecule has 4 aromatic carbocycles. The molecule has 49 heavy (non-hydrogen) atoms. The summed E-state index contributed by atoms with van der Waals surface area (Å²) < 4.78 is 5.37. The fourth-order valence-electron chi connectivity index (χ4n) is 7.22. The number of ketones is 1. The van der Waals surface area contributed by atoms with Crippen LogP contribution in [0.4, 0.5) is 5.69 Å². The molecule has 0 unspecified atom stereocenters. The van der Waals surface area contributed by atoms with Crippen molar-refractivity contribution in [2.24, 2.45) is 0 Å². The minimum atomic E-state index is -0.252. The lowest BCUT2D eigenvalue weighted by Crippen LogP contribution is -2.54. The summed E-state index contributed by atoms with van der Waals surface area (Å²) in [5, 5.41) is 4.10. The first-order valence-corrected chi connectivity index (χ1v) is 16.8. The predicted molar refractivity (Wildman–Crippen MR) is 191 cm³/mol. The number of ether oxygens (including phenoxy) is 1. The third-order valence-electron chi connectivity index (χ3n) is 9.86. The van der Waals surface area contributed by atoms with E-state index in [1.807, 2.05) is 60.7 Å². The minimum absolute atomic E-state index is 0.104. The molecule has 2 amide bonds. The highest BCUT2D eigenvalue weighted by Crippen LogP contribution is 2.39. The van der Waals surface area contributed by atoms with Crippen LogP contribution in [-0.2, 0) is 9.53 Å². The number of rotatable bonds is 6. The summed E-state index contributed by atoms with van der Waals surface area (Å²) in [7, 11) is 0. The quantitative estimate of drug-likeness (QED) is 0.205. The van der Waals surface area contributed by atoms with E-state index in [1.54, 1.807) is 24.3 Å². The SMILES string of the molecule is CC(=O)N1/C(=C/c2cc(-c3ccccc3-c3ccccc3)c3cc(C(=O)NC4CCN(C5COC5)CC4)ccc3n2)C(=O)c2ccccc21. The third kappa shape index (κ3) is 5.83. The van der Waals surface area contributed by atoms with Crippen molar-refractivity contribution < 1.29 is 19.1 Å². The summed E-state index contributed by atoms with van der Waals surface area (Å²) in [4.78, 5) is 49.0. The van der Waals surface area contributed by atoms with E-state index < -0.39 is 0 Å². The maximum atomic E-state index is 13.7. The van der Waals surface area contributed by atoms with Crippen LogP contribution in [0.2, 0.25) is 0 Å². The first kappa shape index (κ1) is 30.9. The smallest absolute Gasteiger partial charge is 0.251 e. The molecule has 1 aromatic heterocycles. The van der Waals surface area contributed by atoms with Crippen LogP contribution >= 0.6 is 0 Å². The molecule has 0 radical (unpaired) electrons. The van der Waals surface area contributed by atoms with Crippen LogP contribution in [-0.4, -0.2) is 65.9 Å². The van der Waals surface area contributed by atoms with Gasteiger partial charge in [-0.2, -0.15) is 0 Å². The van der Waals surface area contributed by atoms with Gasteiger partial charge in [-0.05, 0) is 77.6 Å². The number of piperidine rings is 1. The Morgan fingerprint density at radius 1 is 0.816 bits per heavy atom. The molecule has 8 nitrogen and oxygen atoms in total. The molecular weight excluding hydrogens is 612 g/mol. The van der Waals surface area contributed by atoms with Gasteiger partial charge in [-0.1, -0.05) is 66.7 Å². The molecule has 2 fully saturated rings. The minimum Gasteiger partial charge on any atom is -0.378 e. The van der Waals surface area contributed by atoms with Crippen molar-refractivity contribution in [2.45, 2.75) is 31.8 Å². The maximum absolute atomic E-state index is 13.7. The molecule has 8 rings (SSSR count). The maximum Gasteiger partial charge on any atom is 0.251 e. The average Bonchev–Trinajstić information content (AvgIpc) is 3.39. The first-order chi connectivity index (χ1) is 23.9. The van der Waals surface area contributed by atoms with Crippen molar-refractivity contribution in [1.82, 2.24) is 15.2 Å². The molecule has 4 heterocycles. The van der Waals surface area contributed by atoms with E-state index in [1.165, 1.54) is 11.8 Å². The number of likely N-dealkylation sites (tertiary alicyclic amines) is 1. The Kier molecular flexibility index (Phi) is 8.11. The zero-order valence-corrected chi connectivity index (χ0v) is 27.3. The molecule has 0 atom stereocenters. The summed E-state index contributed by atoms with van der Waals surface area (Å²) >= 11 is 0. The van der Waals surface area contributed by atoms with Gasteiger partial charge < -0.3 is 10.1 Å². The van der Waals surface area contributed by atoms with Gasteiger partial charge in [0.2, 0.25) is 11.7 Å². The number of benzene rings is 4. The van der Waals surface area contributed by atoms with Gasteiger partial charge in [0.05, 0.1) is 41.9 Å². The van der Waals surface area contributed by atoms with Gasteiger partial charge >= 0.3 is 0 Å². The molecule has 0 bridgehead atoms. The van der Waals surface area contributed by atoms with Crippen molar-refractivity contribution in [3.63, 3.8) is 0 Å². The number of anilines is 1. The number of hydrogen-bond acceptors (Lipinski definition) is 6. The lowest BCUT2D eigenvalue weighted by molar-refractivity contribution is -0.116. The van der Waals surface area contributed by atoms with Crippen molar-refractivity contribution >= 4 is 40.3 Å². The number of Topliss-reactive ketones (excluding diaryl/α,β-unsaturated/α-hetero) is 1. The molecule has 3 aliphatic rings. The second-order valence-corrected chi connectivity index (χ2v) is 12.9. The van der Waals surface area contributed by atoms with E-state index in [-0.39, 0.29) is 29.3 Å². The molecule has 2 saturated heterocycles. The number of amides is 2. The molecular formula is C41H36N4O4. The zero-order chi connectivity index (χ0) is 33.5. The first-order valence-electron chi connectivity index (χ1n) is 16.8. The van der Waals surface area contributed by atoms with Crippen LogP contribution in [0.15, 0.2) is 109 Å². The summed E-state index contributed by atoms with van der Waals surface area (Å²) in [5.41, 5.74) is 7.02. The largest absolute Gasteiger partial charge is 0.378 e. The van der Waals surface area contributed by atoms with Gasteiger partial charge in [0, 0.05) is 42.6 Å². The van der Waals surface area contributed by atoms with Crippen LogP contribution < -0.4 is 10.2 Å². The fraction of sp³-hybridized carbons (Fsp3) is 0.220. The van der Waals surface area contributed by atoms with Crippen molar-refractivity contribution in [2.75, 3.05) is 31.2 Å². The lowest BCUT2D eigenvalue weighted by Gasteiger charge is -2.41. The van der Waals surface area contributed by atoms with E-state index in [9.17, 15) is 14.4 Å². The van der Waals surface area contributed by atoms with Crippen LogP contribution in [0.1, 0.15) is 46.2 Å². The molecule has 3 aliphatic heterocycles. The van der Waals surface area contributed by atoms with Gasteiger partial charge in [0.15, 0.2) is 0 Å². The standard InChI is InChI=1S/C41H36N4O4/c1-26(46)45-38-14-8-7-13-34(38)40(47)39(45)23-30-22-35(33-12-6-5-11-32(33)27-9-3-2-4-10-27)36-21-28(15-16-37(36)42-30)41(48)43-29-17-19-44(20-18-29)31-24-49-25-31/h2-16,21-23,29,31H,17-20,24-25H2,1H3,(H,43,48)/b39-23+. The lowest BCUT2D eigenvalue weighted by atomic mass is 9.91. The molecule has 8 heteroatoms. The molecule has 0 saturated carbocycles. The number of carbonyl (C=O) groups excluding carboxylic acids is 3. The Morgan fingerprint density at radius 2 is 1.51 bits per heavy atom. The molecule has 1 N–H and O–H groups in total. The second kappa shape index (κ2) is 12.9. The highest BCUT2D eigenvalue weighted by molar-refractivity contribution is 6.26. The number of nitrogens with zero attached hydrogens (tertiary/aromatic N) is 3. The van der Waals surface area contributed by atoms with Crippen molar-refractivity contribution in [3.05, 3.63) is 126 Å². The summed E-state index contributed by atoms with van der Waals surface area (Å²) in [6, 6.07) is 33.7. The number of aromatic nitrogens is 1. The number of carbonyl (C=O) groups is 3. The van der Waals surface area contributed by atoms with Crippen LogP contribution in [0.3, 0.4) is 0 Å². The Hall–Kier alpha value is -5.44. The molecule has 0 aliphatic carbocycles. The van der Waals surface area contributed by atoms with Gasteiger partial charge in [-0.25, -0.2) is 4.98 Å². The number of fused-ring (bicyclic) bond motifs is 2. The van der Waals surface area contributed by atoms with Crippen LogP contribution in [0.25, 0.3) is 39.2 Å². The fourth-order valence-corrected chi connectivity index (χ4v) is 7.22. The highest BCUT2D eigenvalue weighted by atomic mass is 16.5. The third-order valence-corrected chi connectivity index (χ3v) is 9.86. The van der Waals surface area contributed by atoms with E-state index >= 15 is 0 Å². The molecule has 5 aromatic rings. The Labute approximate surface area is 285 Å². The Bertz CT molecular complexity index is 2130. The van der Waals surface area contributed by atoms with Gasteiger partial charge in [0.1, 0.15) is 0 Å². The predicted octanol–water partition coefficient (Wildman–Crippen LogP) is 6.75. The van der Waals surface area contributed by atoms with E-state index in [0.29, 0.717) is 34.1 Å². The molecule has 0 spiro atoms. The van der Waals surface area contributed by atoms with Gasteiger partial charge in [0.25, 0.3) is 5.91 Å². The topological polar surface area (TPSA) is 91.8 Å². The normalized spacial score (nSPS) is 17.7. The van der Waals surface area contributed by atoms with Crippen molar-refractivity contribution in [1.29, 1.82) is 0 Å². The molecule has 244 valence electrons. The average molecular weight is 649 g/mol. The van der Waals surface area contributed by atoms with Crippen LogP contribution in [0.5, 0.6) is 0 Å². The van der Waals surface area contributed by atoms with E-state index in [0.717, 1.165) is 66.8 Å². The second-order valence-electron chi connectivity index (χ2n) is 12.9. The summed E-state index contributed by atoms with van der Waals surface area (Å²) in [6.07, 6.45) is 3.51. The Morgan fingerprint density at radius 3 is 2.22 bits per heavy atom. The summed E-state index contributed by atoms with van der Waals surface area (Å²) in [6.45, 7) is 4.96. The number of para-hydroxylation sites is 1. The summed E-state index contributed by atoms with van der Waals surface area (Å²) in [5.74, 6) is -0.580. The zero-order valence-electron chi connectivity index (χ0n) is 27.3. The van der Waals surface area contributed by atoms with Crippen molar-refractivity contribution in [3.8, 4) is 22.3 Å². The van der Waals surface area contributed by atoms with E-state index in [2.05, 4.69) is 34.5 Å². The Balaban J connectivity index is 1.20. The monoisotopic (exact) mass is 648 g/mol. The van der Waals surface area contributed by atoms with Gasteiger partial charge in [-0.15, -0.1) is 0 Å². The van der Waals surface area contributed by atoms with Crippen LogP contribution in [0, 0.1) is 0 Å². The van der Waals surface area contributed by atoms with E-state index in [4.69, 9.17) is 9.72 Å². The highest BCUT2D eigenvalue weighted by Gasteiger charge is 2.35. The number of hydrogen-bond donors (Lipinski definition) is 1.